The molecule has 0 spiro atoms. The van der Waals surface area contributed by atoms with Gasteiger partial charge in [0.25, 0.3) is 5.91 Å². The first-order chi connectivity index (χ1) is 13.0. The van der Waals surface area contributed by atoms with Crippen LogP contribution in [-0.2, 0) is 4.74 Å². The summed E-state index contributed by atoms with van der Waals surface area (Å²) in [5.41, 5.74) is 0.162. The molecule has 7 heteroatoms. The van der Waals surface area contributed by atoms with Crippen LogP contribution in [0.5, 0.6) is 11.5 Å². The molecule has 1 unspecified atom stereocenters. The van der Waals surface area contributed by atoms with Crippen LogP contribution in [0.2, 0.25) is 0 Å². The topological polar surface area (TPSA) is 78.2 Å². The fourth-order valence-corrected chi connectivity index (χ4v) is 2.96. The summed E-state index contributed by atoms with van der Waals surface area (Å²) < 4.78 is 21.2. The molecule has 1 aromatic heterocycles. The van der Waals surface area contributed by atoms with Gasteiger partial charge in [0.2, 0.25) is 0 Å². The van der Waals surface area contributed by atoms with Crippen molar-refractivity contribution < 1.29 is 23.4 Å². The van der Waals surface area contributed by atoms with Crippen LogP contribution >= 0.6 is 0 Å². The van der Waals surface area contributed by atoms with E-state index in [1.165, 1.54) is 6.07 Å². The van der Waals surface area contributed by atoms with Crippen LogP contribution in [0.4, 0.5) is 0 Å². The number of hydrogen-bond acceptors (Lipinski definition) is 6. The average molecular weight is 373 g/mol. The molecule has 27 heavy (non-hydrogen) atoms. The summed E-state index contributed by atoms with van der Waals surface area (Å²) in [4.78, 5) is 25.8. The standard InChI is InChI=1S/C20H23NO6/c1-14-11-18(12-19(22)26-14)27-17-7-8-21(13-17)20(23)15-3-5-16(6-4-15)25-10-9-24-2/h3-6,11-12,17H,7-10,13H2,1-2H3. The van der Waals surface area contributed by atoms with E-state index in [1.54, 1.807) is 49.3 Å². The summed E-state index contributed by atoms with van der Waals surface area (Å²) in [6.45, 7) is 3.76. The molecule has 1 atom stereocenters. The lowest BCUT2D eigenvalue weighted by Gasteiger charge is -2.17. The second-order valence-corrected chi connectivity index (χ2v) is 6.37. The van der Waals surface area contributed by atoms with Gasteiger partial charge >= 0.3 is 5.63 Å². The quantitative estimate of drug-likeness (QED) is 0.693. The maximum Gasteiger partial charge on any atom is 0.339 e. The second kappa shape index (κ2) is 8.73. The summed E-state index contributed by atoms with van der Waals surface area (Å²) in [6, 6.07) is 10.1. The van der Waals surface area contributed by atoms with Gasteiger partial charge in [-0.15, -0.1) is 0 Å². The third-order valence-corrected chi connectivity index (χ3v) is 4.26. The number of amides is 1. The second-order valence-electron chi connectivity index (χ2n) is 6.37. The van der Waals surface area contributed by atoms with E-state index < -0.39 is 5.63 Å². The molecule has 0 radical (unpaired) electrons. The van der Waals surface area contributed by atoms with Crippen molar-refractivity contribution in [3.8, 4) is 11.5 Å². The molecule has 1 aromatic carbocycles. The van der Waals surface area contributed by atoms with E-state index in [1.807, 2.05) is 0 Å². The molecule has 3 rings (SSSR count). The van der Waals surface area contributed by atoms with E-state index in [-0.39, 0.29) is 12.0 Å². The number of hydrogen-bond donors (Lipinski definition) is 0. The zero-order chi connectivity index (χ0) is 19.2. The molecule has 144 valence electrons. The number of methoxy groups -OCH3 is 1. The van der Waals surface area contributed by atoms with Crippen molar-refractivity contribution in [2.75, 3.05) is 33.4 Å². The van der Waals surface area contributed by atoms with E-state index >= 15 is 0 Å². The lowest BCUT2D eigenvalue weighted by atomic mass is 10.2. The van der Waals surface area contributed by atoms with Crippen LogP contribution in [0.25, 0.3) is 0 Å². The monoisotopic (exact) mass is 373 g/mol. The number of likely N-dealkylation sites (tertiary alicyclic amines) is 1. The zero-order valence-corrected chi connectivity index (χ0v) is 15.5. The Balaban J connectivity index is 1.56. The zero-order valence-electron chi connectivity index (χ0n) is 15.5. The summed E-state index contributed by atoms with van der Waals surface area (Å²) >= 11 is 0. The number of benzene rings is 1. The molecule has 1 aliphatic heterocycles. The number of nitrogens with zero attached hydrogens (tertiary/aromatic N) is 1. The first kappa shape index (κ1) is 19.0. The first-order valence-corrected chi connectivity index (χ1v) is 8.84. The first-order valence-electron chi connectivity index (χ1n) is 8.84. The van der Waals surface area contributed by atoms with E-state index in [0.29, 0.717) is 55.5 Å². The third kappa shape index (κ3) is 5.10. The van der Waals surface area contributed by atoms with Gasteiger partial charge in [0.15, 0.2) is 0 Å². The Labute approximate surface area is 157 Å². The van der Waals surface area contributed by atoms with Gasteiger partial charge in [-0.1, -0.05) is 0 Å². The van der Waals surface area contributed by atoms with Crippen LogP contribution in [-0.4, -0.2) is 50.3 Å². The van der Waals surface area contributed by atoms with Gasteiger partial charge in [-0.2, -0.15) is 0 Å². The van der Waals surface area contributed by atoms with Gasteiger partial charge in [-0.3, -0.25) is 4.79 Å². The normalized spacial score (nSPS) is 16.4. The molecule has 0 aliphatic carbocycles. The fraction of sp³-hybridized carbons (Fsp3) is 0.400. The van der Waals surface area contributed by atoms with Crippen molar-refractivity contribution in [2.24, 2.45) is 0 Å². The summed E-state index contributed by atoms with van der Waals surface area (Å²) in [6.07, 6.45) is 0.565. The molecule has 1 amide bonds. The van der Waals surface area contributed by atoms with Crippen molar-refractivity contribution in [1.29, 1.82) is 0 Å². The van der Waals surface area contributed by atoms with Gasteiger partial charge in [0, 0.05) is 31.7 Å². The minimum Gasteiger partial charge on any atom is -0.491 e. The Morgan fingerprint density at radius 2 is 1.96 bits per heavy atom. The van der Waals surface area contributed by atoms with Crippen molar-refractivity contribution in [3.05, 3.63) is 58.1 Å². The molecule has 1 fully saturated rings. The van der Waals surface area contributed by atoms with Gasteiger partial charge in [0.05, 0.1) is 19.2 Å². The van der Waals surface area contributed by atoms with Crippen LogP contribution < -0.4 is 15.1 Å². The van der Waals surface area contributed by atoms with Gasteiger partial charge in [0.1, 0.15) is 30.0 Å². The number of rotatable bonds is 7. The molecule has 2 heterocycles. The lowest BCUT2D eigenvalue weighted by molar-refractivity contribution is 0.0772. The molecule has 0 N–H and O–H groups in total. The highest BCUT2D eigenvalue weighted by atomic mass is 16.5. The highest BCUT2D eigenvalue weighted by Gasteiger charge is 2.28. The van der Waals surface area contributed by atoms with Crippen LogP contribution in [0.3, 0.4) is 0 Å². The van der Waals surface area contributed by atoms with Crippen molar-refractivity contribution in [2.45, 2.75) is 19.4 Å². The smallest absolute Gasteiger partial charge is 0.339 e. The fourth-order valence-electron chi connectivity index (χ4n) is 2.96. The number of carbonyl (C=O) groups is 1. The Bertz CT molecular complexity index is 829. The SMILES string of the molecule is COCCOc1ccc(C(=O)N2CCC(Oc3cc(C)oc(=O)c3)C2)cc1. The van der Waals surface area contributed by atoms with E-state index in [4.69, 9.17) is 18.6 Å². The number of aryl methyl sites for hydroxylation is 1. The summed E-state index contributed by atoms with van der Waals surface area (Å²) in [5.74, 6) is 1.62. The predicted octanol–water partition coefficient (Wildman–Crippen LogP) is 2.27. The molecular formula is C20H23NO6. The van der Waals surface area contributed by atoms with E-state index in [9.17, 15) is 9.59 Å². The molecule has 0 saturated carbocycles. The molecule has 0 bridgehead atoms. The largest absolute Gasteiger partial charge is 0.491 e. The van der Waals surface area contributed by atoms with Crippen LogP contribution in [0, 0.1) is 6.92 Å². The van der Waals surface area contributed by atoms with Crippen molar-refractivity contribution >= 4 is 5.91 Å². The van der Waals surface area contributed by atoms with Crippen molar-refractivity contribution in [3.63, 3.8) is 0 Å². The molecule has 7 nitrogen and oxygen atoms in total. The maximum absolute atomic E-state index is 12.7. The van der Waals surface area contributed by atoms with Gasteiger partial charge < -0.3 is 23.5 Å². The minimum atomic E-state index is -0.441. The molecule has 1 aliphatic rings. The average Bonchev–Trinajstić information content (AvgIpc) is 3.09. The number of carbonyl (C=O) groups excluding carboxylic acids is 1. The Morgan fingerprint density at radius 3 is 2.67 bits per heavy atom. The predicted molar refractivity (Wildman–Crippen MR) is 98.5 cm³/mol. The van der Waals surface area contributed by atoms with Crippen LogP contribution in [0.1, 0.15) is 22.5 Å². The Morgan fingerprint density at radius 1 is 1.19 bits per heavy atom. The van der Waals surface area contributed by atoms with Crippen molar-refractivity contribution in [1.82, 2.24) is 4.90 Å². The molecule has 2 aromatic rings. The van der Waals surface area contributed by atoms with Gasteiger partial charge in [-0.05, 0) is 31.2 Å². The van der Waals surface area contributed by atoms with Gasteiger partial charge in [-0.25, -0.2) is 4.79 Å². The maximum atomic E-state index is 12.7. The highest BCUT2D eigenvalue weighted by Crippen LogP contribution is 2.21. The highest BCUT2D eigenvalue weighted by molar-refractivity contribution is 5.94. The third-order valence-electron chi connectivity index (χ3n) is 4.26. The summed E-state index contributed by atoms with van der Waals surface area (Å²) in [7, 11) is 1.62. The minimum absolute atomic E-state index is 0.0479. The Kier molecular flexibility index (Phi) is 6.13. The molecule has 1 saturated heterocycles. The van der Waals surface area contributed by atoms with E-state index in [2.05, 4.69) is 0 Å². The van der Waals surface area contributed by atoms with Crippen LogP contribution in [0.15, 0.2) is 45.6 Å². The Hall–Kier alpha value is -2.80. The number of ether oxygens (including phenoxy) is 3. The van der Waals surface area contributed by atoms with E-state index in [0.717, 1.165) is 0 Å². The lowest BCUT2D eigenvalue weighted by Crippen LogP contribution is -2.31. The summed E-state index contributed by atoms with van der Waals surface area (Å²) in [5, 5.41) is 0. The molecular weight excluding hydrogens is 350 g/mol.